The van der Waals surface area contributed by atoms with Crippen molar-refractivity contribution in [1.82, 2.24) is 15.1 Å². The molecular formula is C9H13F2N3O. The molecule has 15 heavy (non-hydrogen) atoms. The van der Waals surface area contributed by atoms with Crippen molar-refractivity contribution in [2.24, 2.45) is 7.05 Å². The number of hydrogen-bond acceptors (Lipinski definition) is 3. The van der Waals surface area contributed by atoms with E-state index in [0.717, 1.165) is 0 Å². The molecule has 1 saturated heterocycles. The summed E-state index contributed by atoms with van der Waals surface area (Å²) in [6, 6.07) is -0.170. The van der Waals surface area contributed by atoms with E-state index in [2.05, 4.69) is 10.4 Å². The zero-order chi connectivity index (χ0) is 10.8. The summed E-state index contributed by atoms with van der Waals surface area (Å²) in [4.78, 5) is 0. The van der Waals surface area contributed by atoms with E-state index < -0.39 is 6.43 Å². The first-order chi connectivity index (χ1) is 7.18. The van der Waals surface area contributed by atoms with Crippen LogP contribution in [0.25, 0.3) is 0 Å². The van der Waals surface area contributed by atoms with Gasteiger partial charge in [0, 0.05) is 25.4 Å². The van der Waals surface area contributed by atoms with Crippen molar-refractivity contribution in [2.45, 2.75) is 12.5 Å². The molecule has 0 radical (unpaired) electrons. The third-order valence-electron chi connectivity index (χ3n) is 2.39. The number of morpholine rings is 1. The highest BCUT2D eigenvalue weighted by molar-refractivity contribution is 5.23. The fourth-order valence-electron chi connectivity index (χ4n) is 1.73. The molecular weight excluding hydrogens is 204 g/mol. The standard InChI is InChI=1S/C9H13F2N3O/c1-14-4-6(8(13-14)9(10)11)7-5-15-3-2-12-7/h4,7,9,12H,2-3,5H2,1H3. The van der Waals surface area contributed by atoms with Crippen molar-refractivity contribution in [3.05, 3.63) is 17.5 Å². The molecule has 1 N–H and O–H groups in total. The van der Waals surface area contributed by atoms with Crippen molar-refractivity contribution >= 4 is 0 Å². The quantitative estimate of drug-likeness (QED) is 0.803. The summed E-state index contributed by atoms with van der Waals surface area (Å²) in [5, 5.41) is 6.89. The van der Waals surface area contributed by atoms with E-state index in [1.807, 2.05) is 0 Å². The van der Waals surface area contributed by atoms with Gasteiger partial charge in [-0.2, -0.15) is 5.10 Å². The van der Waals surface area contributed by atoms with Crippen LogP contribution in [0.3, 0.4) is 0 Å². The van der Waals surface area contributed by atoms with Crippen LogP contribution in [0.4, 0.5) is 8.78 Å². The molecule has 0 aromatic carbocycles. The Morgan fingerprint density at radius 3 is 3.07 bits per heavy atom. The van der Waals surface area contributed by atoms with Gasteiger partial charge in [-0.25, -0.2) is 8.78 Å². The molecule has 1 aliphatic rings. The molecule has 1 atom stereocenters. The first-order valence-corrected chi connectivity index (χ1v) is 4.81. The van der Waals surface area contributed by atoms with E-state index >= 15 is 0 Å². The van der Waals surface area contributed by atoms with Gasteiger partial charge in [0.05, 0.1) is 19.3 Å². The molecule has 84 valence electrons. The molecule has 0 saturated carbocycles. The minimum absolute atomic E-state index is 0.152. The maximum Gasteiger partial charge on any atom is 0.282 e. The van der Waals surface area contributed by atoms with Gasteiger partial charge in [-0.3, -0.25) is 4.68 Å². The summed E-state index contributed by atoms with van der Waals surface area (Å²) in [6.45, 7) is 1.73. The van der Waals surface area contributed by atoms with Crippen molar-refractivity contribution in [2.75, 3.05) is 19.8 Å². The Bertz CT molecular complexity index is 334. The minimum Gasteiger partial charge on any atom is -0.378 e. The van der Waals surface area contributed by atoms with E-state index in [-0.39, 0.29) is 11.7 Å². The monoisotopic (exact) mass is 217 g/mol. The average molecular weight is 217 g/mol. The van der Waals surface area contributed by atoms with E-state index in [4.69, 9.17) is 4.74 Å². The number of nitrogens with zero attached hydrogens (tertiary/aromatic N) is 2. The fourth-order valence-corrected chi connectivity index (χ4v) is 1.73. The molecule has 1 aromatic rings. The van der Waals surface area contributed by atoms with Crippen LogP contribution in [0.15, 0.2) is 6.20 Å². The molecule has 2 heterocycles. The SMILES string of the molecule is Cn1cc(C2COCCN2)c(C(F)F)n1. The zero-order valence-electron chi connectivity index (χ0n) is 8.41. The summed E-state index contributed by atoms with van der Waals surface area (Å²) >= 11 is 0. The Balaban J connectivity index is 2.25. The Kier molecular flexibility index (Phi) is 2.97. The van der Waals surface area contributed by atoms with E-state index in [1.165, 1.54) is 4.68 Å². The van der Waals surface area contributed by atoms with Crippen LogP contribution in [-0.4, -0.2) is 29.5 Å². The molecule has 0 aliphatic carbocycles. The number of ether oxygens (including phenoxy) is 1. The van der Waals surface area contributed by atoms with E-state index in [0.29, 0.717) is 25.3 Å². The van der Waals surface area contributed by atoms with Gasteiger partial charge in [0.2, 0.25) is 0 Å². The van der Waals surface area contributed by atoms with Gasteiger partial charge in [-0.1, -0.05) is 0 Å². The predicted molar refractivity (Wildman–Crippen MR) is 49.7 cm³/mol. The van der Waals surface area contributed by atoms with Crippen molar-refractivity contribution < 1.29 is 13.5 Å². The van der Waals surface area contributed by atoms with Crippen molar-refractivity contribution in [3.8, 4) is 0 Å². The Labute approximate surface area is 86.2 Å². The largest absolute Gasteiger partial charge is 0.378 e. The average Bonchev–Trinajstić information content (AvgIpc) is 2.62. The van der Waals surface area contributed by atoms with Gasteiger partial charge in [0.1, 0.15) is 5.69 Å². The number of aryl methyl sites for hydroxylation is 1. The van der Waals surface area contributed by atoms with Gasteiger partial charge in [-0.05, 0) is 0 Å². The number of nitrogens with one attached hydrogen (secondary N) is 1. The number of rotatable bonds is 2. The van der Waals surface area contributed by atoms with Crippen molar-refractivity contribution in [3.63, 3.8) is 0 Å². The van der Waals surface area contributed by atoms with Gasteiger partial charge in [0.15, 0.2) is 0 Å². The topological polar surface area (TPSA) is 39.1 Å². The van der Waals surface area contributed by atoms with Crippen LogP contribution < -0.4 is 5.32 Å². The highest BCUT2D eigenvalue weighted by Gasteiger charge is 2.25. The summed E-state index contributed by atoms with van der Waals surface area (Å²) < 4.78 is 31.9. The van der Waals surface area contributed by atoms with E-state index in [1.54, 1.807) is 13.2 Å². The lowest BCUT2D eigenvalue weighted by Crippen LogP contribution is -2.34. The van der Waals surface area contributed by atoms with E-state index in [9.17, 15) is 8.78 Å². The molecule has 1 unspecified atom stereocenters. The Morgan fingerprint density at radius 2 is 2.47 bits per heavy atom. The first-order valence-electron chi connectivity index (χ1n) is 4.81. The van der Waals surface area contributed by atoms with Crippen LogP contribution >= 0.6 is 0 Å². The molecule has 0 spiro atoms. The van der Waals surface area contributed by atoms with Crippen LogP contribution in [0.2, 0.25) is 0 Å². The second-order valence-electron chi connectivity index (χ2n) is 3.53. The van der Waals surface area contributed by atoms with Gasteiger partial charge in [0.25, 0.3) is 6.43 Å². The highest BCUT2D eigenvalue weighted by Crippen LogP contribution is 2.26. The lowest BCUT2D eigenvalue weighted by atomic mass is 10.1. The third kappa shape index (κ3) is 2.15. The summed E-state index contributed by atoms with van der Waals surface area (Å²) in [5.41, 5.74) is 0.382. The summed E-state index contributed by atoms with van der Waals surface area (Å²) in [5.74, 6) is 0. The molecule has 1 fully saturated rings. The number of alkyl halides is 2. The molecule has 1 aromatic heterocycles. The maximum atomic E-state index is 12.7. The third-order valence-corrected chi connectivity index (χ3v) is 2.39. The number of aromatic nitrogens is 2. The molecule has 6 heteroatoms. The number of hydrogen-bond donors (Lipinski definition) is 1. The van der Waals surface area contributed by atoms with Crippen LogP contribution in [0.1, 0.15) is 23.7 Å². The molecule has 2 rings (SSSR count). The Morgan fingerprint density at radius 1 is 1.67 bits per heavy atom. The van der Waals surface area contributed by atoms with Crippen molar-refractivity contribution in [1.29, 1.82) is 0 Å². The molecule has 0 bridgehead atoms. The van der Waals surface area contributed by atoms with Crippen LogP contribution in [0.5, 0.6) is 0 Å². The normalized spacial score (nSPS) is 22.3. The fraction of sp³-hybridized carbons (Fsp3) is 0.667. The summed E-state index contributed by atoms with van der Waals surface area (Å²) in [7, 11) is 1.64. The van der Waals surface area contributed by atoms with Gasteiger partial charge < -0.3 is 10.1 Å². The summed E-state index contributed by atoms with van der Waals surface area (Å²) in [6.07, 6.45) is -0.918. The lowest BCUT2D eigenvalue weighted by Gasteiger charge is -2.23. The minimum atomic E-state index is -2.54. The maximum absolute atomic E-state index is 12.7. The molecule has 0 amide bonds. The van der Waals surface area contributed by atoms with Gasteiger partial charge in [-0.15, -0.1) is 0 Å². The second-order valence-corrected chi connectivity index (χ2v) is 3.53. The predicted octanol–water partition coefficient (Wildman–Crippen LogP) is 1.02. The smallest absolute Gasteiger partial charge is 0.282 e. The zero-order valence-corrected chi connectivity index (χ0v) is 8.41. The lowest BCUT2D eigenvalue weighted by molar-refractivity contribution is 0.0744. The second kappa shape index (κ2) is 4.24. The molecule has 4 nitrogen and oxygen atoms in total. The Hall–Kier alpha value is -1.01. The first kappa shape index (κ1) is 10.5. The van der Waals surface area contributed by atoms with Gasteiger partial charge >= 0.3 is 0 Å². The molecule has 1 aliphatic heterocycles. The van der Waals surface area contributed by atoms with Crippen LogP contribution in [-0.2, 0) is 11.8 Å². The number of halogens is 2. The van der Waals surface area contributed by atoms with Crippen LogP contribution in [0, 0.1) is 0 Å². The highest BCUT2D eigenvalue weighted by atomic mass is 19.3.